The molecule has 0 fully saturated rings. The lowest BCUT2D eigenvalue weighted by atomic mass is 10.1. The molecule has 1 amide bonds. The Morgan fingerprint density at radius 1 is 1.13 bits per heavy atom. The maximum Gasteiger partial charge on any atom is 0.375 e. The summed E-state index contributed by atoms with van der Waals surface area (Å²) in [6.45, 7) is 4.69. The van der Waals surface area contributed by atoms with Gasteiger partial charge < -0.3 is 19.2 Å². The number of benzene rings is 2. The van der Waals surface area contributed by atoms with E-state index >= 15 is 0 Å². The number of carbonyl (C=O) groups excluding carboxylic acids is 3. The van der Waals surface area contributed by atoms with Crippen molar-refractivity contribution in [2.24, 2.45) is 0 Å². The molecule has 0 atom stereocenters. The number of Topliss-reactive ketones (excluding diaryl/α,β-unsaturated/α-hetero) is 1. The summed E-state index contributed by atoms with van der Waals surface area (Å²) in [5, 5.41) is 3.11. The summed E-state index contributed by atoms with van der Waals surface area (Å²) in [6.07, 6.45) is 0. The van der Waals surface area contributed by atoms with E-state index in [9.17, 15) is 18.8 Å². The SMILES string of the molecule is CCOc1ccc2oc(C(=O)OCC(=O)c3ccc(NC(C)=O)cc3F)c(C)c2c1. The molecule has 0 saturated heterocycles. The van der Waals surface area contributed by atoms with Crippen molar-refractivity contribution >= 4 is 34.3 Å². The second kappa shape index (κ2) is 8.77. The van der Waals surface area contributed by atoms with Crippen molar-refractivity contribution in [1.29, 1.82) is 0 Å². The Morgan fingerprint density at radius 3 is 2.57 bits per heavy atom. The number of anilines is 1. The fraction of sp³-hybridized carbons (Fsp3) is 0.227. The predicted molar refractivity (Wildman–Crippen MR) is 107 cm³/mol. The summed E-state index contributed by atoms with van der Waals surface area (Å²) in [7, 11) is 0. The third-order valence-corrected chi connectivity index (χ3v) is 4.33. The zero-order valence-corrected chi connectivity index (χ0v) is 16.7. The molecule has 0 aliphatic carbocycles. The number of aryl methyl sites for hydroxylation is 1. The van der Waals surface area contributed by atoms with Gasteiger partial charge in [-0.2, -0.15) is 0 Å². The summed E-state index contributed by atoms with van der Waals surface area (Å²) < 4.78 is 30.2. The van der Waals surface area contributed by atoms with Gasteiger partial charge in [0.05, 0.1) is 12.2 Å². The van der Waals surface area contributed by atoms with Crippen molar-refractivity contribution in [2.75, 3.05) is 18.5 Å². The average molecular weight is 413 g/mol. The maximum atomic E-state index is 14.2. The van der Waals surface area contributed by atoms with Crippen LogP contribution in [0.4, 0.5) is 10.1 Å². The standard InChI is InChI=1S/C22H20FNO6/c1-4-28-15-6-8-20-17(10-15)12(2)21(30-20)22(27)29-11-19(26)16-7-5-14(9-18(16)23)24-13(3)25/h5-10H,4,11H2,1-3H3,(H,24,25). The number of esters is 1. The van der Waals surface area contributed by atoms with Crippen molar-refractivity contribution in [3.8, 4) is 5.75 Å². The molecule has 3 aromatic rings. The van der Waals surface area contributed by atoms with Crippen LogP contribution in [-0.2, 0) is 9.53 Å². The minimum Gasteiger partial charge on any atom is -0.494 e. The molecule has 0 radical (unpaired) electrons. The lowest BCUT2D eigenvalue weighted by molar-refractivity contribution is -0.114. The number of nitrogens with one attached hydrogen (secondary N) is 1. The molecule has 0 bridgehead atoms. The van der Waals surface area contributed by atoms with Gasteiger partial charge in [-0.05, 0) is 50.2 Å². The van der Waals surface area contributed by atoms with Gasteiger partial charge in [-0.25, -0.2) is 9.18 Å². The number of ketones is 1. The average Bonchev–Trinajstić information content (AvgIpc) is 3.02. The fourth-order valence-corrected chi connectivity index (χ4v) is 2.95. The van der Waals surface area contributed by atoms with Crippen molar-refractivity contribution < 1.29 is 32.7 Å². The van der Waals surface area contributed by atoms with Gasteiger partial charge in [-0.15, -0.1) is 0 Å². The molecule has 1 aromatic heterocycles. The first kappa shape index (κ1) is 21.0. The minimum atomic E-state index is -0.828. The molecule has 30 heavy (non-hydrogen) atoms. The molecule has 0 saturated carbocycles. The Labute approximate surface area is 171 Å². The van der Waals surface area contributed by atoms with Crippen LogP contribution < -0.4 is 10.1 Å². The molecule has 0 aliphatic heterocycles. The number of halogens is 1. The highest BCUT2D eigenvalue weighted by Crippen LogP contribution is 2.29. The van der Waals surface area contributed by atoms with E-state index in [1.54, 1.807) is 25.1 Å². The Balaban J connectivity index is 1.71. The second-order valence-electron chi connectivity index (χ2n) is 6.52. The van der Waals surface area contributed by atoms with E-state index in [1.165, 1.54) is 19.1 Å². The van der Waals surface area contributed by atoms with Crippen LogP contribution in [0.15, 0.2) is 40.8 Å². The number of hydrogen-bond donors (Lipinski definition) is 1. The fourth-order valence-electron chi connectivity index (χ4n) is 2.95. The quantitative estimate of drug-likeness (QED) is 0.459. The van der Waals surface area contributed by atoms with Gasteiger partial charge in [0.2, 0.25) is 17.5 Å². The van der Waals surface area contributed by atoms with E-state index in [4.69, 9.17) is 13.9 Å². The van der Waals surface area contributed by atoms with Crippen LogP contribution in [0.3, 0.4) is 0 Å². The van der Waals surface area contributed by atoms with Crippen LogP contribution in [0.5, 0.6) is 5.75 Å². The molecular formula is C22H20FNO6. The highest BCUT2D eigenvalue weighted by Gasteiger charge is 2.22. The lowest BCUT2D eigenvalue weighted by Crippen LogP contribution is -2.16. The maximum absolute atomic E-state index is 14.2. The van der Waals surface area contributed by atoms with Gasteiger partial charge in [-0.1, -0.05) is 0 Å². The molecule has 2 aromatic carbocycles. The molecule has 0 spiro atoms. The first-order valence-electron chi connectivity index (χ1n) is 9.23. The molecule has 7 nitrogen and oxygen atoms in total. The van der Waals surface area contributed by atoms with Crippen molar-refractivity contribution in [3.63, 3.8) is 0 Å². The molecule has 1 heterocycles. The highest BCUT2D eigenvalue weighted by atomic mass is 19.1. The largest absolute Gasteiger partial charge is 0.494 e. The topological polar surface area (TPSA) is 94.8 Å². The number of carbonyl (C=O) groups is 3. The van der Waals surface area contributed by atoms with E-state index < -0.39 is 24.2 Å². The number of hydrogen-bond acceptors (Lipinski definition) is 6. The van der Waals surface area contributed by atoms with Gasteiger partial charge in [0.25, 0.3) is 0 Å². The normalized spacial score (nSPS) is 10.7. The van der Waals surface area contributed by atoms with Gasteiger partial charge in [0, 0.05) is 23.6 Å². The summed E-state index contributed by atoms with van der Waals surface area (Å²) in [5.74, 6) is -2.13. The van der Waals surface area contributed by atoms with E-state index in [0.717, 1.165) is 6.07 Å². The molecule has 8 heteroatoms. The molecule has 0 unspecified atom stereocenters. The van der Waals surface area contributed by atoms with Gasteiger partial charge >= 0.3 is 5.97 Å². The van der Waals surface area contributed by atoms with E-state index in [1.807, 2.05) is 6.92 Å². The Kier molecular flexibility index (Phi) is 6.15. The number of furan rings is 1. The van der Waals surface area contributed by atoms with Crippen molar-refractivity contribution in [1.82, 2.24) is 0 Å². The number of rotatable bonds is 7. The highest BCUT2D eigenvalue weighted by molar-refractivity contribution is 6.01. The number of amides is 1. The molecule has 156 valence electrons. The van der Waals surface area contributed by atoms with Gasteiger partial charge in [0.1, 0.15) is 17.1 Å². The van der Waals surface area contributed by atoms with Crippen LogP contribution in [0.25, 0.3) is 11.0 Å². The summed E-state index contributed by atoms with van der Waals surface area (Å²) >= 11 is 0. The summed E-state index contributed by atoms with van der Waals surface area (Å²) in [5.41, 5.74) is 1.00. The third-order valence-electron chi connectivity index (χ3n) is 4.33. The minimum absolute atomic E-state index is 0.0343. The van der Waals surface area contributed by atoms with Crippen LogP contribution in [-0.4, -0.2) is 30.9 Å². The van der Waals surface area contributed by atoms with Crippen LogP contribution in [0, 0.1) is 12.7 Å². The molecule has 3 rings (SSSR count). The van der Waals surface area contributed by atoms with Crippen molar-refractivity contribution in [2.45, 2.75) is 20.8 Å². The first-order valence-corrected chi connectivity index (χ1v) is 9.23. The van der Waals surface area contributed by atoms with E-state index in [0.29, 0.717) is 28.9 Å². The Morgan fingerprint density at radius 2 is 1.90 bits per heavy atom. The number of fused-ring (bicyclic) bond motifs is 1. The predicted octanol–water partition coefficient (Wildman–Crippen LogP) is 4.28. The zero-order valence-electron chi connectivity index (χ0n) is 16.7. The third kappa shape index (κ3) is 4.48. The van der Waals surface area contributed by atoms with Crippen molar-refractivity contribution in [3.05, 3.63) is 59.1 Å². The van der Waals surface area contributed by atoms with Crippen LogP contribution in [0.1, 0.15) is 40.3 Å². The lowest BCUT2D eigenvalue weighted by Gasteiger charge is -2.07. The molecule has 1 N–H and O–H groups in total. The number of ether oxygens (including phenoxy) is 2. The smallest absolute Gasteiger partial charge is 0.375 e. The second-order valence-corrected chi connectivity index (χ2v) is 6.52. The van der Waals surface area contributed by atoms with Crippen LogP contribution >= 0.6 is 0 Å². The monoisotopic (exact) mass is 413 g/mol. The van der Waals surface area contributed by atoms with E-state index in [2.05, 4.69) is 5.32 Å². The van der Waals surface area contributed by atoms with Gasteiger partial charge in [-0.3, -0.25) is 9.59 Å². The molecular weight excluding hydrogens is 393 g/mol. The van der Waals surface area contributed by atoms with Crippen LogP contribution in [0.2, 0.25) is 0 Å². The Hall–Kier alpha value is -3.68. The summed E-state index contributed by atoms with van der Waals surface area (Å²) in [6, 6.07) is 8.79. The Bertz CT molecular complexity index is 1130. The van der Waals surface area contributed by atoms with E-state index in [-0.39, 0.29) is 22.9 Å². The molecule has 0 aliphatic rings. The zero-order chi connectivity index (χ0) is 21.8. The first-order chi connectivity index (χ1) is 14.3. The van der Waals surface area contributed by atoms with Gasteiger partial charge in [0.15, 0.2) is 6.61 Å². The summed E-state index contributed by atoms with van der Waals surface area (Å²) in [4.78, 5) is 35.7.